The van der Waals surface area contributed by atoms with Crippen LogP contribution in [-0.4, -0.2) is 50.9 Å². The maximum Gasteiger partial charge on any atom is 0.495 e. The fourth-order valence-electron chi connectivity index (χ4n) is 7.84. The van der Waals surface area contributed by atoms with Gasteiger partial charge in [-0.1, -0.05) is 36.4 Å². The highest BCUT2D eigenvalue weighted by atomic mass is 16.7. The van der Waals surface area contributed by atoms with E-state index >= 15 is 0 Å². The van der Waals surface area contributed by atoms with Crippen molar-refractivity contribution in [1.29, 1.82) is 0 Å². The molecule has 4 aliphatic rings. The summed E-state index contributed by atoms with van der Waals surface area (Å²) < 4.78 is 18.8. The third-order valence-electron chi connectivity index (χ3n) is 10.8. The summed E-state index contributed by atoms with van der Waals surface area (Å²) in [5.74, 6) is 2.00. The Kier molecular flexibility index (Phi) is 6.87. The molecule has 2 aliphatic carbocycles. The van der Waals surface area contributed by atoms with Gasteiger partial charge < -0.3 is 19.0 Å². The molecule has 2 aliphatic heterocycles. The van der Waals surface area contributed by atoms with Gasteiger partial charge in [0.2, 0.25) is 0 Å². The first-order chi connectivity index (χ1) is 20.7. The Morgan fingerprint density at radius 1 is 0.932 bits per heavy atom. The lowest BCUT2D eigenvalue weighted by Crippen LogP contribution is -2.41. The second kappa shape index (κ2) is 10.2. The van der Waals surface area contributed by atoms with Crippen LogP contribution in [-0.2, 0) is 14.0 Å². The van der Waals surface area contributed by atoms with Gasteiger partial charge in [-0.25, -0.2) is 9.78 Å². The highest BCUT2D eigenvalue weighted by molar-refractivity contribution is 6.62. The monoisotopic (exact) mass is 595 g/mol. The number of carbonyl (C=O) groups excluding carboxylic acids is 1. The van der Waals surface area contributed by atoms with Crippen molar-refractivity contribution in [3.8, 4) is 22.4 Å². The number of rotatable bonds is 4. The molecule has 3 aromatic rings. The molecule has 0 spiro atoms. The van der Waals surface area contributed by atoms with Crippen LogP contribution < -0.4 is 5.46 Å². The zero-order valence-corrected chi connectivity index (χ0v) is 27.5. The Balaban J connectivity index is 1.15. The molecule has 44 heavy (non-hydrogen) atoms. The molecular weight excluding hydrogens is 549 g/mol. The standard InChI is InChI=1S/C36H46BN3O4/c1-21-9-18-29(40(21)33(41)42-34(2,3)4)32-38-20-28(39-32)23-12-10-22(11-13-23)26-16-17-27(31-25-15-14-24(19-25)30(26)31)37-43-35(5,6)36(7,8)44-37/h10-13,16-17,20-21,24-25,29H,9,14-15,18-19H2,1-8H3,(H,38,39)/t21-,24?,25?,29-/m0/s1. The molecule has 0 radical (unpaired) electrons. The van der Waals surface area contributed by atoms with Crippen LogP contribution in [0.15, 0.2) is 42.6 Å². The second-order valence-electron chi connectivity index (χ2n) is 15.4. The lowest BCUT2D eigenvalue weighted by molar-refractivity contribution is 0.00578. The van der Waals surface area contributed by atoms with Crippen LogP contribution in [0.2, 0.25) is 0 Å². The molecule has 7 nitrogen and oxygen atoms in total. The van der Waals surface area contributed by atoms with Gasteiger partial charge in [0.05, 0.1) is 29.1 Å². The predicted molar refractivity (Wildman–Crippen MR) is 174 cm³/mol. The van der Waals surface area contributed by atoms with Crippen LogP contribution in [0.1, 0.15) is 122 Å². The normalized spacial score (nSPS) is 26.8. The van der Waals surface area contributed by atoms with Crippen molar-refractivity contribution in [1.82, 2.24) is 14.9 Å². The number of H-pyrrole nitrogens is 1. The van der Waals surface area contributed by atoms with Gasteiger partial charge >= 0.3 is 13.2 Å². The molecule has 2 unspecified atom stereocenters. The molecule has 8 heteroatoms. The van der Waals surface area contributed by atoms with E-state index in [9.17, 15) is 4.79 Å². The highest BCUT2D eigenvalue weighted by Crippen LogP contribution is 2.55. The number of nitrogens with one attached hydrogen (secondary N) is 1. The van der Waals surface area contributed by atoms with Crippen LogP contribution in [0, 0.1) is 0 Å². The fourth-order valence-corrected chi connectivity index (χ4v) is 7.84. The number of ether oxygens (including phenoxy) is 1. The minimum absolute atomic E-state index is 0.107. The number of imidazole rings is 1. The molecule has 3 heterocycles. The molecular formula is C36H46BN3O4. The molecule has 1 N–H and O–H groups in total. The van der Waals surface area contributed by atoms with Crippen molar-refractivity contribution in [3.05, 3.63) is 59.5 Å². The van der Waals surface area contributed by atoms with E-state index in [4.69, 9.17) is 19.0 Å². The number of hydrogen-bond acceptors (Lipinski definition) is 5. The molecule has 232 valence electrons. The third kappa shape index (κ3) is 4.89. The molecule has 7 rings (SSSR count). The van der Waals surface area contributed by atoms with E-state index in [0.29, 0.717) is 11.8 Å². The Hall–Kier alpha value is -3.10. The number of amides is 1. The number of fused-ring (bicyclic) bond motifs is 5. The number of likely N-dealkylation sites (tertiary alicyclic amines) is 1. The summed E-state index contributed by atoms with van der Waals surface area (Å²) in [7, 11) is -0.326. The quantitative estimate of drug-likeness (QED) is 0.311. The van der Waals surface area contributed by atoms with Gasteiger partial charge in [-0.3, -0.25) is 4.90 Å². The summed E-state index contributed by atoms with van der Waals surface area (Å²) in [5, 5.41) is 0. The van der Waals surface area contributed by atoms with E-state index in [1.807, 2.05) is 31.9 Å². The number of benzene rings is 2. The molecule has 2 bridgehead atoms. The zero-order valence-electron chi connectivity index (χ0n) is 27.5. The summed E-state index contributed by atoms with van der Waals surface area (Å²) >= 11 is 0. The van der Waals surface area contributed by atoms with E-state index in [1.54, 1.807) is 0 Å². The molecule has 2 saturated heterocycles. The van der Waals surface area contributed by atoms with E-state index in [1.165, 1.54) is 47.0 Å². The highest BCUT2D eigenvalue weighted by Gasteiger charge is 2.54. The zero-order chi connectivity index (χ0) is 31.2. The average Bonchev–Trinajstić information content (AvgIpc) is 3.77. The number of hydrogen-bond donors (Lipinski definition) is 1. The SMILES string of the molecule is C[C@H]1CC[C@@H](c2ncc(-c3ccc(-c4ccc(B5OC(C)(C)C(C)(C)O5)c5c4C4CCC5C4)cc3)[nH]2)N1C(=O)OC(C)(C)C. The first kappa shape index (κ1) is 29.6. The minimum atomic E-state index is -0.536. The number of nitrogens with zero attached hydrogens (tertiary/aromatic N) is 2. The molecule has 4 atom stereocenters. The van der Waals surface area contributed by atoms with Crippen LogP contribution in [0.25, 0.3) is 22.4 Å². The smallest absolute Gasteiger partial charge is 0.444 e. The average molecular weight is 596 g/mol. The van der Waals surface area contributed by atoms with E-state index in [2.05, 4.69) is 76.0 Å². The summed E-state index contributed by atoms with van der Waals surface area (Å²) in [6.45, 7) is 16.3. The lowest BCUT2D eigenvalue weighted by atomic mass is 9.70. The fraction of sp³-hybridized carbons (Fsp3) is 0.556. The van der Waals surface area contributed by atoms with Crippen molar-refractivity contribution >= 4 is 18.7 Å². The first-order valence-electron chi connectivity index (χ1n) is 16.4. The Labute approximate surface area is 262 Å². The van der Waals surface area contributed by atoms with E-state index < -0.39 is 5.60 Å². The van der Waals surface area contributed by atoms with Gasteiger partial charge in [-0.2, -0.15) is 0 Å². The molecule has 1 saturated carbocycles. The van der Waals surface area contributed by atoms with Gasteiger partial charge in [0, 0.05) is 6.04 Å². The van der Waals surface area contributed by atoms with Gasteiger partial charge in [0.1, 0.15) is 11.4 Å². The minimum Gasteiger partial charge on any atom is -0.444 e. The maximum atomic E-state index is 13.0. The summed E-state index contributed by atoms with van der Waals surface area (Å²) in [4.78, 5) is 23.1. The second-order valence-corrected chi connectivity index (χ2v) is 15.4. The van der Waals surface area contributed by atoms with E-state index in [0.717, 1.165) is 29.9 Å². The van der Waals surface area contributed by atoms with Gasteiger partial charge in [-0.05, 0) is 133 Å². The summed E-state index contributed by atoms with van der Waals surface area (Å²) in [6.07, 6.45) is 7.13. The molecule has 1 aromatic heterocycles. The number of aromatic nitrogens is 2. The van der Waals surface area contributed by atoms with Crippen LogP contribution in [0.5, 0.6) is 0 Å². The van der Waals surface area contributed by atoms with Crippen molar-refractivity contribution in [3.63, 3.8) is 0 Å². The van der Waals surface area contributed by atoms with E-state index in [-0.39, 0.29) is 36.5 Å². The lowest BCUT2D eigenvalue weighted by Gasteiger charge is -2.32. The van der Waals surface area contributed by atoms with Crippen molar-refractivity contribution in [2.24, 2.45) is 0 Å². The largest absolute Gasteiger partial charge is 0.495 e. The van der Waals surface area contributed by atoms with Crippen LogP contribution in [0.4, 0.5) is 4.79 Å². The first-order valence-corrected chi connectivity index (χ1v) is 16.4. The Morgan fingerprint density at radius 2 is 1.57 bits per heavy atom. The molecule has 3 fully saturated rings. The Bertz CT molecular complexity index is 1570. The summed E-state index contributed by atoms with van der Waals surface area (Å²) in [6, 6.07) is 13.4. The third-order valence-corrected chi connectivity index (χ3v) is 10.8. The van der Waals surface area contributed by atoms with Gasteiger partial charge in [0.25, 0.3) is 0 Å². The molecule has 2 aromatic carbocycles. The van der Waals surface area contributed by atoms with Crippen LogP contribution in [0.3, 0.4) is 0 Å². The number of aromatic amines is 1. The molecule has 1 amide bonds. The Morgan fingerprint density at radius 3 is 2.23 bits per heavy atom. The van der Waals surface area contributed by atoms with Crippen molar-refractivity contribution in [2.75, 3.05) is 0 Å². The van der Waals surface area contributed by atoms with Crippen molar-refractivity contribution < 1.29 is 18.8 Å². The van der Waals surface area contributed by atoms with Crippen LogP contribution >= 0.6 is 0 Å². The van der Waals surface area contributed by atoms with Crippen molar-refractivity contribution in [2.45, 2.75) is 128 Å². The summed E-state index contributed by atoms with van der Waals surface area (Å²) in [5.41, 5.74) is 7.55. The van der Waals surface area contributed by atoms with Gasteiger partial charge in [-0.15, -0.1) is 0 Å². The predicted octanol–water partition coefficient (Wildman–Crippen LogP) is 7.87. The van der Waals surface area contributed by atoms with Gasteiger partial charge in [0.15, 0.2) is 0 Å². The number of carbonyl (C=O) groups is 1. The topological polar surface area (TPSA) is 76.7 Å². The maximum absolute atomic E-state index is 13.0.